The number of methoxy groups -OCH3 is 1. The van der Waals surface area contributed by atoms with Gasteiger partial charge < -0.3 is 10.1 Å². The molecule has 8 heteroatoms. The van der Waals surface area contributed by atoms with Crippen LogP contribution in [0.25, 0.3) is 0 Å². The second kappa shape index (κ2) is 9.72. The molecule has 4 aliphatic rings. The molecule has 4 aromatic carbocycles. The van der Waals surface area contributed by atoms with E-state index in [0.717, 1.165) is 10.5 Å². The number of nitrogens with zero attached hydrogens (tertiary/aromatic N) is 1. The van der Waals surface area contributed by atoms with Crippen molar-refractivity contribution in [3.8, 4) is 5.75 Å². The molecule has 210 valence electrons. The molecule has 6 nitrogen and oxygen atoms in total. The molecule has 1 heterocycles. The maximum absolute atomic E-state index is 14.5. The lowest BCUT2D eigenvalue weighted by molar-refractivity contribution is -0.146. The average Bonchev–Trinajstić information content (AvgIpc) is 3.30. The van der Waals surface area contributed by atoms with Crippen molar-refractivity contribution in [1.82, 2.24) is 4.90 Å². The summed E-state index contributed by atoms with van der Waals surface area (Å²) in [6.45, 7) is 0. The Morgan fingerprint density at radius 3 is 1.67 bits per heavy atom. The Morgan fingerprint density at radius 2 is 1.21 bits per heavy atom. The SMILES string of the molecule is COc1ccc(NC(=O)[C@H](Cc2ccccc2)N2C(=O)[C@H]3[C@H](C2=O)C2(Cl)c4ccccc4C3(Cl)c3ccccc32)cc1. The lowest BCUT2D eigenvalue weighted by atomic mass is 9.54. The first-order valence-corrected chi connectivity index (χ1v) is 14.5. The first-order valence-electron chi connectivity index (χ1n) is 13.7. The zero-order valence-electron chi connectivity index (χ0n) is 22.6. The highest BCUT2D eigenvalue weighted by molar-refractivity contribution is 6.36. The van der Waals surface area contributed by atoms with Crippen molar-refractivity contribution in [3.05, 3.63) is 131 Å². The summed E-state index contributed by atoms with van der Waals surface area (Å²) in [5.74, 6) is -2.82. The Hall–Kier alpha value is -4.13. The van der Waals surface area contributed by atoms with Crippen LogP contribution in [0.15, 0.2) is 103 Å². The number of hydrogen-bond acceptors (Lipinski definition) is 4. The van der Waals surface area contributed by atoms with Gasteiger partial charge in [-0.3, -0.25) is 19.3 Å². The molecule has 0 saturated carbocycles. The number of benzene rings is 4. The number of carbonyl (C=O) groups is 3. The summed E-state index contributed by atoms with van der Waals surface area (Å²) in [7, 11) is 1.56. The first kappa shape index (κ1) is 26.7. The van der Waals surface area contributed by atoms with Crippen LogP contribution in [0.2, 0.25) is 0 Å². The summed E-state index contributed by atoms with van der Waals surface area (Å²) in [5.41, 5.74) is 4.18. The monoisotopic (exact) mass is 596 g/mol. The number of amides is 3. The number of imide groups is 1. The molecule has 8 rings (SSSR count). The van der Waals surface area contributed by atoms with E-state index >= 15 is 0 Å². The first-order chi connectivity index (χ1) is 20.3. The molecule has 3 atom stereocenters. The van der Waals surface area contributed by atoms with Gasteiger partial charge in [0.25, 0.3) is 0 Å². The number of anilines is 1. The number of ether oxygens (including phenoxy) is 1. The van der Waals surface area contributed by atoms with Crippen molar-refractivity contribution in [2.45, 2.75) is 22.2 Å². The smallest absolute Gasteiger partial charge is 0.248 e. The van der Waals surface area contributed by atoms with E-state index < -0.39 is 45.3 Å². The van der Waals surface area contributed by atoms with Crippen molar-refractivity contribution in [2.75, 3.05) is 12.4 Å². The van der Waals surface area contributed by atoms with E-state index in [4.69, 9.17) is 27.9 Å². The standard InChI is InChI=1S/C34H26Cl2N2O4/c1-42-22-17-15-21(16-18-22)37-30(39)27(19-20-9-3-2-4-10-20)38-31(40)28-29(32(38)41)34(36)24-12-6-5-11-23(24)33(28,35)25-13-7-8-14-26(25)34/h2-18,27-29H,19H2,1H3,(H,37,39)/t27-,28+,29+,33?,34?/m0/s1. The third-order valence-electron chi connectivity index (χ3n) is 8.86. The molecule has 2 bridgehead atoms. The van der Waals surface area contributed by atoms with Crippen LogP contribution in [-0.2, 0) is 30.6 Å². The third-order valence-corrected chi connectivity index (χ3v) is 10.1. The van der Waals surface area contributed by atoms with Crippen molar-refractivity contribution < 1.29 is 19.1 Å². The van der Waals surface area contributed by atoms with Gasteiger partial charge in [0.15, 0.2) is 0 Å². The summed E-state index contributed by atoms with van der Waals surface area (Å²) in [6, 6.07) is 30.0. The molecular formula is C34H26Cl2N2O4. The highest BCUT2D eigenvalue weighted by Crippen LogP contribution is 2.69. The molecule has 42 heavy (non-hydrogen) atoms. The van der Waals surface area contributed by atoms with E-state index in [0.29, 0.717) is 33.7 Å². The summed E-state index contributed by atoms with van der Waals surface area (Å²) in [6.07, 6.45) is 0.129. The Kier molecular flexibility index (Phi) is 6.19. The van der Waals surface area contributed by atoms with Gasteiger partial charge in [0.1, 0.15) is 21.5 Å². The molecule has 0 spiro atoms. The molecule has 1 N–H and O–H groups in total. The lowest BCUT2D eigenvalue weighted by Crippen LogP contribution is -2.57. The molecule has 1 saturated heterocycles. The molecule has 4 aromatic rings. The van der Waals surface area contributed by atoms with Gasteiger partial charge in [0.05, 0.1) is 18.9 Å². The molecule has 0 unspecified atom stereocenters. The second-order valence-electron chi connectivity index (χ2n) is 10.9. The molecule has 0 radical (unpaired) electrons. The van der Waals surface area contributed by atoms with Crippen molar-refractivity contribution in [2.24, 2.45) is 11.8 Å². The maximum atomic E-state index is 14.5. The van der Waals surface area contributed by atoms with Gasteiger partial charge in [-0.2, -0.15) is 0 Å². The molecule has 1 fully saturated rings. The van der Waals surface area contributed by atoms with Crippen LogP contribution in [-0.4, -0.2) is 35.8 Å². The highest BCUT2D eigenvalue weighted by Gasteiger charge is 2.73. The van der Waals surface area contributed by atoms with Gasteiger partial charge in [-0.1, -0.05) is 78.9 Å². The zero-order chi connectivity index (χ0) is 29.2. The van der Waals surface area contributed by atoms with E-state index in [1.807, 2.05) is 78.9 Å². The van der Waals surface area contributed by atoms with Crippen LogP contribution in [0.1, 0.15) is 27.8 Å². The van der Waals surface area contributed by atoms with Crippen molar-refractivity contribution in [3.63, 3.8) is 0 Å². The number of rotatable bonds is 6. The molecular weight excluding hydrogens is 571 g/mol. The fourth-order valence-corrected chi connectivity index (χ4v) is 8.13. The van der Waals surface area contributed by atoms with Crippen LogP contribution < -0.4 is 10.1 Å². The number of nitrogens with one attached hydrogen (secondary N) is 1. The van der Waals surface area contributed by atoms with Crippen LogP contribution >= 0.6 is 23.2 Å². The van der Waals surface area contributed by atoms with Gasteiger partial charge in [0.2, 0.25) is 17.7 Å². The lowest BCUT2D eigenvalue weighted by Gasteiger charge is -2.54. The van der Waals surface area contributed by atoms with E-state index in [1.165, 1.54) is 0 Å². The summed E-state index contributed by atoms with van der Waals surface area (Å²) in [4.78, 5) is 41.5. The van der Waals surface area contributed by atoms with E-state index in [-0.39, 0.29) is 6.42 Å². The van der Waals surface area contributed by atoms with Crippen LogP contribution in [0.5, 0.6) is 5.75 Å². The van der Waals surface area contributed by atoms with Crippen LogP contribution in [0.4, 0.5) is 5.69 Å². The fourth-order valence-electron chi connectivity index (χ4n) is 7.03. The van der Waals surface area contributed by atoms with Crippen LogP contribution in [0, 0.1) is 11.8 Å². The molecule has 3 aliphatic carbocycles. The molecule has 0 aromatic heterocycles. The third kappa shape index (κ3) is 3.61. The minimum Gasteiger partial charge on any atom is -0.497 e. The quantitative estimate of drug-likeness (QED) is 0.224. The minimum atomic E-state index is -1.32. The average molecular weight is 597 g/mol. The summed E-state index contributed by atoms with van der Waals surface area (Å²) < 4.78 is 5.23. The number of likely N-dealkylation sites (tertiary alicyclic amines) is 1. The number of hydrogen-bond donors (Lipinski definition) is 1. The van der Waals surface area contributed by atoms with Gasteiger partial charge in [0, 0.05) is 12.1 Å². The van der Waals surface area contributed by atoms with Gasteiger partial charge in [-0.25, -0.2) is 0 Å². The Labute approximate surface area is 253 Å². The summed E-state index contributed by atoms with van der Waals surface area (Å²) in [5, 5.41) is 2.90. The van der Waals surface area contributed by atoms with Gasteiger partial charge in [-0.05, 0) is 52.1 Å². The van der Waals surface area contributed by atoms with E-state index in [9.17, 15) is 14.4 Å². The van der Waals surface area contributed by atoms with Crippen LogP contribution in [0.3, 0.4) is 0 Å². The fraction of sp³-hybridized carbons (Fsp3) is 0.206. The van der Waals surface area contributed by atoms with E-state index in [1.54, 1.807) is 31.4 Å². The van der Waals surface area contributed by atoms with Gasteiger partial charge in [-0.15, -0.1) is 23.2 Å². The van der Waals surface area contributed by atoms with Crippen molar-refractivity contribution in [1.29, 1.82) is 0 Å². The summed E-state index contributed by atoms with van der Waals surface area (Å²) >= 11 is 15.2. The van der Waals surface area contributed by atoms with E-state index in [2.05, 4.69) is 5.32 Å². The predicted molar refractivity (Wildman–Crippen MR) is 161 cm³/mol. The Morgan fingerprint density at radius 1 is 0.762 bits per heavy atom. The second-order valence-corrected chi connectivity index (χ2v) is 12.1. The molecule has 1 aliphatic heterocycles. The normalized spacial score (nSPS) is 25.8. The highest BCUT2D eigenvalue weighted by atomic mass is 35.5. The Balaban J connectivity index is 1.34. The topological polar surface area (TPSA) is 75.7 Å². The number of halogens is 2. The van der Waals surface area contributed by atoms with Gasteiger partial charge >= 0.3 is 0 Å². The largest absolute Gasteiger partial charge is 0.497 e. The predicted octanol–water partition coefficient (Wildman–Crippen LogP) is 5.84. The number of alkyl halides is 2. The number of carbonyl (C=O) groups excluding carboxylic acids is 3. The Bertz CT molecular complexity index is 1620. The zero-order valence-corrected chi connectivity index (χ0v) is 24.1. The molecule has 3 amide bonds. The maximum Gasteiger partial charge on any atom is 0.248 e. The van der Waals surface area contributed by atoms with Crippen molar-refractivity contribution >= 4 is 46.6 Å². The minimum absolute atomic E-state index is 0.129.